The van der Waals surface area contributed by atoms with Crippen molar-refractivity contribution in [1.82, 2.24) is 10.6 Å². The summed E-state index contributed by atoms with van der Waals surface area (Å²) >= 11 is 0. The van der Waals surface area contributed by atoms with Crippen LogP contribution in [0.2, 0.25) is 0 Å². The summed E-state index contributed by atoms with van der Waals surface area (Å²) in [4.78, 5) is 77.5. The molecule has 0 bridgehead atoms. The zero-order valence-electron chi connectivity index (χ0n) is 36.9. The second kappa shape index (κ2) is 22.5. The Morgan fingerprint density at radius 2 is 1.66 bits per heavy atom. The number of rotatable bonds is 22. The van der Waals surface area contributed by atoms with Gasteiger partial charge in [-0.15, -0.1) is 0 Å². The fourth-order valence-corrected chi connectivity index (χ4v) is 7.47. The van der Waals surface area contributed by atoms with E-state index in [0.717, 1.165) is 44.6 Å². The van der Waals surface area contributed by atoms with Gasteiger partial charge in [0.25, 0.3) is 0 Å². The first-order chi connectivity index (χ1) is 28.9. The number of carbonyl (C=O) groups is 6. The largest absolute Gasteiger partial charge is 0.462 e. The van der Waals surface area contributed by atoms with Gasteiger partial charge in [-0.05, 0) is 63.8 Å². The molecule has 15 nitrogen and oxygen atoms in total. The van der Waals surface area contributed by atoms with Gasteiger partial charge in [0, 0.05) is 55.7 Å². The number of benzene rings is 1. The highest BCUT2D eigenvalue weighted by Gasteiger charge is 2.52. The minimum atomic E-state index is -1.06. The number of aliphatic hydroxyl groups is 1. The summed E-state index contributed by atoms with van der Waals surface area (Å²) in [7, 11) is 0. The number of fused-ring (bicyclic) bond motifs is 1. The van der Waals surface area contributed by atoms with Gasteiger partial charge in [0.1, 0.15) is 30.5 Å². The number of carbonyl (C=O) groups excluding carboxylic acids is 6. The number of aliphatic hydroxyl groups excluding tert-OH is 1. The van der Waals surface area contributed by atoms with E-state index in [2.05, 4.69) is 24.5 Å². The van der Waals surface area contributed by atoms with Crippen molar-refractivity contribution in [3.8, 4) is 0 Å². The topological polar surface area (TPSA) is 202 Å². The second-order valence-corrected chi connectivity index (χ2v) is 17.7. The molecule has 1 aromatic rings. The molecular weight excluding hydrogens is 789 g/mol. The SMILES string of the molecule is CCCCCC1(CCCCC)O[C@@H]2[C@@H](C=C(C(=O)NCCC(=O)N[C@H](CO)CCC(=O)OC(C)(C)C)C[C@H]2OC(=O)c2ccccc2C=CC(=O)O[C@H]2C(=O)OCC2(C)C)O1. The number of amides is 2. The third-order valence-corrected chi connectivity index (χ3v) is 10.7. The second-order valence-electron chi connectivity index (χ2n) is 17.7. The van der Waals surface area contributed by atoms with Gasteiger partial charge in [-0.3, -0.25) is 14.4 Å². The molecule has 2 saturated heterocycles. The summed E-state index contributed by atoms with van der Waals surface area (Å²) in [5, 5.41) is 15.3. The van der Waals surface area contributed by atoms with E-state index < -0.39 is 83.0 Å². The van der Waals surface area contributed by atoms with Crippen LogP contribution in [0.3, 0.4) is 0 Å². The van der Waals surface area contributed by atoms with E-state index in [9.17, 15) is 33.9 Å². The first kappa shape index (κ1) is 49.1. The van der Waals surface area contributed by atoms with Gasteiger partial charge in [0.2, 0.25) is 17.9 Å². The van der Waals surface area contributed by atoms with E-state index in [-0.39, 0.29) is 51.0 Å². The molecule has 3 aliphatic rings. The monoisotopic (exact) mass is 854 g/mol. The standard InChI is InChI=1S/C46H66N2O13/c1-8-10-14-23-46(24-15-11-9-2)59-35-27-31(41(53)47-25-22-36(50)48-32(28-49)19-21-38(52)60-44(3,4)5)26-34(39(35)61-46)57-42(54)33-17-13-12-16-30(33)18-20-37(51)58-40-43(55)56-29-45(40,6)7/h12-13,16-18,20,27,32,34-35,39-40,49H,8-11,14-15,19,21-26,28-29H2,1-7H3,(H,47,53)(H,48,50)/t32-,34+,35+,39-,40-/m0/s1. The van der Waals surface area contributed by atoms with E-state index in [1.54, 1.807) is 65.0 Å². The lowest BCUT2D eigenvalue weighted by Crippen LogP contribution is -2.44. The van der Waals surface area contributed by atoms with E-state index >= 15 is 0 Å². The summed E-state index contributed by atoms with van der Waals surface area (Å²) in [5.41, 5.74) is -0.524. The fourth-order valence-electron chi connectivity index (χ4n) is 7.47. The Balaban J connectivity index is 1.47. The van der Waals surface area contributed by atoms with Crippen LogP contribution in [0.25, 0.3) is 6.08 Å². The van der Waals surface area contributed by atoms with Crippen molar-refractivity contribution in [2.75, 3.05) is 19.8 Å². The van der Waals surface area contributed by atoms with Crippen molar-refractivity contribution in [2.45, 2.75) is 167 Å². The molecule has 2 aliphatic heterocycles. The van der Waals surface area contributed by atoms with Crippen LogP contribution in [0.1, 0.15) is 141 Å². The third-order valence-electron chi connectivity index (χ3n) is 10.7. The van der Waals surface area contributed by atoms with Gasteiger partial charge in [-0.2, -0.15) is 0 Å². The molecule has 0 aromatic heterocycles. The van der Waals surface area contributed by atoms with Gasteiger partial charge in [0.05, 0.1) is 18.2 Å². The third kappa shape index (κ3) is 14.8. The lowest BCUT2D eigenvalue weighted by Gasteiger charge is -2.31. The molecule has 5 atom stereocenters. The molecule has 2 heterocycles. The molecule has 61 heavy (non-hydrogen) atoms. The van der Waals surface area contributed by atoms with Crippen molar-refractivity contribution >= 4 is 41.8 Å². The highest BCUT2D eigenvalue weighted by molar-refractivity contribution is 5.97. The molecule has 0 unspecified atom stereocenters. The molecular formula is C46H66N2O13. The van der Waals surface area contributed by atoms with Gasteiger partial charge >= 0.3 is 23.9 Å². The average Bonchev–Trinajstić information content (AvgIpc) is 3.70. The molecule has 1 aromatic carbocycles. The Bertz CT molecular complexity index is 1750. The number of hydrogen-bond donors (Lipinski definition) is 3. The van der Waals surface area contributed by atoms with Gasteiger partial charge in [-0.25, -0.2) is 14.4 Å². The van der Waals surface area contributed by atoms with Crippen molar-refractivity contribution in [2.24, 2.45) is 5.41 Å². The van der Waals surface area contributed by atoms with Crippen LogP contribution in [-0.2, 0) is 52.4 Å². The smallest absolute Gasteiger partial charge is 0.348 e. The molecule has 1 aliphatic carbocycles. The zero-order valence-corrected chi connectivity index (χ0v) is 36.9. The molecule has 338 valence electrons. The predicted octanol–water partition coefficient (Wildman–Crippen LogP) is 5.80. The highest BCUT2D eigenvalue weighted by Crippen LogP contribution is 2.43. The van der Waals surface area contributed by atoms with Crippen molar-refractivity contribution in [3.05, 3.63) is 53.1 Å². The zero-order chi connectivity index (χ0) is 44.8. The maximum atomic E-state index is 14.0. The Hall–Kier alpha value is -4.60. The van der Waals surface area contributed by atoms with Crippen molar-refractivity contribution in [1.29, 1.82) is 0 Å². The molecule has 0 spiro atoms. The van der Waals surface area contributed by atoms with Crippen LogP contribution in [0.5, 0.6) is 0 Å². The van der Waals surface area contributed by atoms with E-state index in [0.29, 0.717) is 24.0 Å². The molecule has 0 radical (unpaired) electrons. The summed E-state index contributed by atoms with van der Waals surface area (Å²) in [6.45, 7) is 12.8. The first-order valence-electron chi connectivity index (χ1n) is 21.7. The first-order valence-corrected chi connectivity index (χ1v) is 21.7. The summed E-state index contributed by atoms with van der Waals surface area (Å²) in [6.07, 6.45) is 7.94. The molecule has 2 amide bonds. The molecule has 0 saturated carbocycles. The van der Waals surface area contributed by atoms with E-state index in [1.165, 1.54) is 6.08 Å². The highest BCUT2D eigenvalue weighted by atomic mass is 16.8. The van der Waals surface area contributed by atoms with Crippen LogP contribution in [0.4, 0.5) is 0 Å². The van der Waals surface area contributed by atoms with Crippen LogP contribution < -0.4 is 10.6 Å². The van der Waals surface area contributed by atoms with E-state index in [4.69, 9.17) is 28.4 Å². The summed E-state index contributed by atoms with van der Waals surface area (Å²) in [6, 6.07) is 5.89. The van der Waals surface area contributed by atoms with Crippen LogP contribution in [-0.4, -0.2) is 102 Å². The Kier molecular flexibility index (Phi) is 18.1. The Morgan fingerprint density at radius 1 is 0.967 bits per heavy atom. The maximum Gasteiger partial charge on any atom is 0.348 e. The van der Waals surface area contributed by atoms with E-state index in [1.807, 2.05) is 0 Å². The van der Waals surface area contributed by atoms with Crippen LogP contribution >= 0.6 is 0 Å². The molecule has 4 rings (SSSR count). The minimum Gasteiger partial charge on any atom is -0.462 e. The van der Waals surface area contributed by atoms with Gasteiger partial charge < -0.3 is 44.2 Å². The van der Waals surface area contributed by atoms with Crippen molar-refractivity contribution in [3.63, 3.8) is 0 Å². The number of cyclic esters (lactones) is 1. The number of nitrogens with one attached hydrogen (secondary N) is 2. The Labute approximate surface area is 359 Å². The maximum absolute atomic E-state index is 14.0. The van der Waals surface area contributed by atoms with Crippen LogP contribution in [0.15, 0.2) is 42.0 Å². The molecule has 3 N–H and O–H groups in total. The predicted molar refractivity (Wildman–Crippen MR) is 224 cm³/mol. The Morgan fingerprint density at radius 3 is 2.28 bits per heavy atom. The molecule has 15 heteroatoms. The molecule has 2 fully saturated rings. The van der Waals surface area contributed by atoms with Crippen molar-refractivity contribution < 1.29 is 62.3 Å². The number of esters is 4. The minimum absolute atomic E-state index is 0.00313. The average molecular weight is 855 g/mol. The van der Waals surface area contributed by atoms with Gasteiger partial charge in [-0.1, -0.05) is 71.6 Å². The summed E-state index contributed by atoms with van der Waals surface area (Å²) in [5.74, 6) is -4.36. The number of ether oxygens (including phenoxy) is 6. The van der Waals surface area contributed by atoms with Gasteiger partial charge in [0.15, 0.2) is 5.79 Å². The normalized spacial score (nSPS) is 22.1. The quantitative estimate of drug-likeness (QED) is 0.0548. The lowest BCUT2D eigenvalue weighted by molar-refractivity contribution is -0.190. The lowest BCUT2D eigenvalue weighted by atomic mass is 9.90. The number of unbranched alkanes of at least 4 members (excludes halogenated alkanes) is 4. The fraction of sp³-hybridized carbons (Fsp3) is 0.652. The number of hydrogen-bond acceptors (Lipinski definition) is 13. The summed E-state index contributed by atoms with van der Waals surface area (Å²) < 4.78 is 35.4. The van der Waals surface area contributed by atoms with Crippen LogP contribution in [0, 0.1) is 5.41 Å².